The maximum Gasteiger partial charge on any atom is 0.214 e. The van der Waals surface area contributed by atoms with Crippen LogP contribution in [0.4, 0.5) is 0 Å². The summed E-state index contributed by atoms with van der Waals surface area (Å²) in [6.07, 6.45) is 0. The van der Waals surface area contributed by atoms with Crippen LogP contribution in [0.1, 0.15) is 25.5 Å². The van der Waals surface area contributed by atoms with Crippen LogP contribution in [0.15, 0.2) is 24.3 Å². The molecule has 0 aliphatic heterocycles. The van der Waals surface area contributed by atoms with Crippen LogP contribution in [0.2, 0.25) is 0 Å². The second-order valence-corrected chi connectivity index (χ2v) is 6.00. The van der Waals surface area contributed by atoms with Crippen LogP contribution in [0.3, 0.4) is 0 Å². The first-order valence-electron chi connectivity index (χ1n) is 5.13. The molecule has 1 unspecified atom stereocenters. The van der Waals surface area contributed by atoms with E-state index in [2.05, 4.69) is 0 Å². The Labute approximate surface area is 96.6 Å². The van der Waals surface area contributed by atoms with E-state index in [1.54, 1.807) is 38.2 Å². The van der Waals surface area contributed by atoms with Crippen LogP contribution in [0.5, 0.6) is 5.75 Å². The molecule has 0 heterocycles. The predicted molar refractivity (Wildman–Crippen MR) is 63.7 cm³/mol. The van der Waals surface area contributed by atoms with E-state index >= 15 is 0 Å². The van der Waals surface area contributed by atoms with Crippen molar-refractivity contribution < 1.29 is 13.5 Å². The maximum atomic E-state index is 11.7. The highest BCUT2D eigenvalue weighted by atomic mass is 32.2. The minimum atomic E-state index is -3.18. The standard InChI is InChI=1S/C11H17NO3S/c1-4-16(14,15)12(3)9(2)10-5-7-11(13)8-6-10/h5-9,13H,4H2,1-3H3. The van der Waals surface area contributed by atoms with Gasteiger partial charge >= 0.3 is 0 Å². The number of benzene rings is 1. The van der Waals surface area contributed by atoms with Gasteiger partial charge in [-0.2, -0.15) is 4.31 Å². The highest BCUT2D eigenvalue weighted by Crippen LogP contribution is 2.23. The van der Waals surface area contributed by atoms with Crippen molar-refractivity contribution in [3.8, 4) is 5.75 Å². The molecule has 0 saturated heterocycles. The van der Waals surface area contributed by atoms with Gasteiger partial charge in [0, 0.05) is 13.1 Å². The Morgan fingerprint density at radius 2 is 1.81 bits per heavy atom. The van der Waals surface area contributed by atoms with E-state index in [0.717, 1.165) is 5.56 Å². The van der Waals surface area contributed by atoms with Crippen molar-refractivity contribution in [2.45, 2.75) is 19.9 Å². The number of aromatic hydroxyl groups is 1. The summed E-state index contributed by atoms with van der Waals surface area (Å²) in [6, 6.07) is 6.32. The van der Waals surface area contributed by atoms with Gasteiger partial charge in [-0.1, -0.05) is 12.1 Å². The number of hydrogen-bond acceptors (Lipinski definition) is 3. The van der Waals surface area contributed by atoms with E-state index in [0.29, 0.717) is 0 Å². The minimum Gasteiger partial charge on any atom is -0.508 e. The van der Waals surface area contributed by atoms with Gasteiger partial charge < -0.3 is 5.11 Å². The average molecular weight is 243 g/mol. The SMILES string of the molecule is CCS(=O)(=O)N(C)C(C)c1ccc(O)cc1. The van der Waals surface area contributed by atoms with E-state index < -0.39 is 10.0 Å². The quantitative estimate of drug-likeness (QED) is 0.876. The molecule has 90 valence electrons. The molecule has 5 heteroatoms. The third kappa shape index (κ3) is 2.74. The molecule has 0 fully saturated rings. The summed E-state index contributed by atoms with van der Waals surface area (Å²) in [7, 11) is -1.62. The summed E-state index contributed by atoms with van der Waals surface area (Å²) >= 11 is 0. The summed E-state index contributed by atoms with van der Waals surface area (Å²) < 4.78 is 24.7. The minimum absolute atomic E-state index is 0.0892. The number of rotatable bonds is 4. The number of hydrogen-bond donors (Lipinski definition) is 1. The van der Waals surface area contributed by atoms with Gasteiger partial charge in [-0.3, -0.25) is 0 Å². The normalized spacial score (nSPS) is 14.0. The molecule has 16 heavy (non-hydrogen) atoms. The smallest absolute Gasteiger partial charge is 0.214 e. The monoisotopic (exact) mass is 243 g/mol. The van der Waals surface area contributed by atoms with Crippen molar-refractivity contribution >= 4 is 10.0 Å². The van der Waals surface area contributed by atoms with E-state index in [1.807, 2.05) is 6.92 Å². The predicted octanol–water partition coefficient (Wildman–Crippen LogP) is 1.73. The Hall–Kier alpha value is -1.07. The van der Waals surface area contributed by atoms with Gasteiger partial charge in [-0.25, -0.2) is 8.42 Å². The summed E-state index contributed by atoms with van der Waals surface area (Å²) in [6.45, 7) is 3.44. The third-order valence-corrected chi connectivity index (χ3v) is 4.65. The molecule has 0 amide bonds. The molecule has 0 saturated carbocycles. The van der Waals surface area contributed by atoms with E-state index in [-0.39, 0.29) is 17.5 Å². The Morgan fingerprint density at radius 1 is 1.31 bits per heavy atom. The van der Waals surface area contributed by atoms with E-state index in [4.69, 9.17) is 5.11 Å². The molecule has 1 N–H and O–H groups in total. The molecule has 0 radical (unpaired) electrons. The number of nitrogens with zero attached hydrogens (tertiary/aromatic N) is 1. The zero-order valence-electron chi connectivity index (χ0n) is 9.71. The highest BCUT2D eigenvalue weighted by Gasteiger charge is 2.22. The Morgan fingerprint density at radius 3 is 2.25 bits per heavy atom. The zero-order valence-corrected chi connectivity index (χ0v) is 10.5. The lowest BCUT2D eigenvalue weighted by molar-refractivity contribution is 0.398. The topological polar surface area (TPSA) is 57.6 Å². The van der Waals surface area contributed by atoms with Gasteiger partial charge in [0.25, 0.3) is 0 Å². The van der Waals surface area contributed by atoms with Crippen molar-refractivity contribution in [1.82, 2.24) is 4.31 Å². The molecule has 0 aromatic heterocycles. The highest BCUT2D eigenvalue weighted by molar-refractivity contribution is 7.89. The Balaban J connectivity index is 2.94. The molecule has 1 aromatic carbocycles. The van der Waals surface area contributed by atoms with Crippen molar-refractivity contribution in [3.63, 3.8) is 0 Å². The van der Waals surface area contributed by atoms with Crippen LogP contribution in [0.25, 0.3) is 0 Å². The average Bonchev–Trinajstić information content (AvgIpc) is 2.28. The molecule has 1 aromatic rings. The van der Waals surface area contributed by atoms with Crippen LogP contribution in [-0.2, 0) is 10.0 Å². The molecule has 0 aliphatic rings. The van der Waals surface area contributed by atoms with Crippen LogP contribution >= 0.6 is 0 Å². The van der Waals surface area contributed by atoms with Crippen molar-refractivity contribution in [1.29, 1.82) is 0 Å². The van der Waals surface area contributed by atoms with E-state index in [9.17, 15) is 8.42 Å². The lowest BCUT2D eigenvalue weighted by atomic mass is 10.1. The fourth-order valence-electron chi connectivity index (χ4n) is 1.41. The molecular formula is C11H17NO3S. The first kappa shape index (κ1) is 13.0. The van der Waals surface area contributed by atoms with Gasteiger partial charge in [0.05, 0.1) is 5.75 Å². The second kappa shape index (κ2) is 4.84. The molecule has 0 spiro atoms. The van der Waals surface area contributed by atoms with Gasteiger partial charge in [-0.05, 0) is 31.5 Å². The van der Waals surface area contributed by atoms with Crippen LogP contribution < -0.4 is 0 Å². The molecule has 1 atom stereocenters. The van der Waals surface area contributed by atoms with Gasteiger partial charge in [0.15, 0.2) is 0 Å². The summed E-state index contributed by atoms with van der Waals surface area (Å²) in [5.74, 6) is 0.267. The van der Waals surface area contributed by atoms with Gasteiger partial charge in [0.2, 0.25) is 10.0 Å². The first-order valence-corrected chi connectivity index (χ1v) is 6.74. The van der Waals surface area contributed by atoms with E-state index in [1.165, 1.54) is 4.31 Å². The molecule has 1 rings (SSSR count). The third-order valence-electron chi connectivity index (χ3n) is 2.72. The largest absolute Gasteiger partial charge is 0.508 e. The van der Waals surface area contributed by atoms with Crippen molar-refractivity contribution in [2.75, 3.05) is 12.8 Å². The molecule has 4 nitrogen and oxygen atoms in total. The van der Waals surface area contributed by atoms with Crippen molar-refractivity contribution in [2.24, 2.45) is 0 Å². The summed E-state index contributed by atoms with van der Waals surface area (Å²) in [4.78, 5) is 0. The second-order valence-electron chi connectivity index (χ2n) is 3.68. The molecule has 0 aliphatic carbocycles. The summed E-state index contributed by atoms with van der Waals surface area (Å²) in [5, 5.41) is 9.15. The fourth-order valence-corrected chi connectivity index (χ4v) is 2.42. The lowest BCUT2D eigenvalue weighted by Crippen LogP contribution is -2.30. The maximum absolute atomic E-state index is 11.7. The summed E-state index contributed by atoms with van der Waals surface area (Å²) in [5.41, 5.74) is 0.859. The fraction of sp³-hybridized carbons (Fsp3) is 0.455. The zero-order chi connectivity index (χ0) is 12.3. The Kier molecular flexibility index (Phi) is 3.93. The number of phenols is 1. The number of phenolic OH excluding ortho intramolecular Hbond substituents is 1. The number of sulfonamides is 1. The van der Waals surface area contributed by atoms with Crippen LogP contribution in [0, 0.1) is 0 Å². The Bertz CT molecular complexity index is 439. The van der Waals surface area contributed by atoms with Crippen LogP contribution in [-0.4, -0.2) is 30.6 Å². The lowest BCUT2D eigenvalue weighted by Gasteiger charge is -2.24. The molecular weight excluding hydrogens is 226 g/mol. The van der Waals surface area contributed by atoms with Gasteiger partial charge in [-0.15, -0.1) is 0 Å². The van der Waals surface area contributed by atoms with Crippen molar-refractivity contribution in [3.05, 3.63) is 29.8 Å². The van der Waals surface area contributed by atoms with Gasteiger partial charge in [0.1, 0.15) is 5.75 Å². The first-order chi connectivity index (χ1) is 7.38. The molecule has 0 bridgehead atoms.